The van der Waals surface area contributed by atoms with Gasteiger partial charge in [0.2, 0.25) is 0 Å². The third kappa shape index (κ3) is 5.40. The summed E-state index contributed by atoms with van der Waals surface area (Å²) in [5, 5.41) is 13.9. The Bertz CT molecular complexity index is 1030. The molecule has 2 atom stereocenters. The van der Waals surface area contributed by atoms with E-state index in [0.717, 1.165) is 22.8 Å². The zero-order valence-electron chi connectivity index (χ0n) is 17.0. The van der Waals surface area contributed by atoms with Crippen molar-refractivity contribution in [3.05, 3.63) is 107 Å². The third-order valence-corrected chi connectivity index (χ3v) is 5.63. The Labute approximate surface area is 188 Å². The first-order valence-corrected chi connectivity index (χ1v) is 10.5. The molecule has 1 aliphatic rings. The highest BCUT2D eigenvalue weighted by Crippen LogP contribution is 2.39. The number of halogens is 1. The van der Waals surface area contributed by atoms with Crippen LogP contribution in [0.2, 0.25) is 0 Å². The molecule has 10 heteroatoms. The van der Waals surface area contributed by atoms with Crippen molar-refractivity contribution < 1.29 is 18.9 Å². The molecule has 3 rings (SSSR count). The third-order valence-electron chi connectivity index (χ3n) is 4.59. The van der Waals surface area contributed by atoms with Gasteiger partial charge < -0.3 is 0 Å². The van der Waals surface area contributed by atoms with Gasteiger partial charge in [-0.05, 0) is 35.2 Å². The van der Waals surface area contributed by atoms with Crippen LogP contribution in [0, 0.1) is 15.9 Å². The maximum atomic E-state index is 13.5. The number of nitro benzene ring substituents is 1. The number of thioether (sulfide) groups is 1. The van der Waals surface area contributed by atoms with Gasteiger partial charge in [-0.1, -0.05) is 12.2 Å². The Morgan fingerprint density at radius 2 is 2.12 bits per heavy atom. The lowest BCUT2D eigenvalue weighted by molar-refractivity contribution is -0.385. The first-order valence-electron chi connectivity index (χ1n) is 9.59. The number of benzene rings is 1. The lowest BCUT2D eigenvalue weighted by Gasteiger charge is -2.31. The number of carbonyl (C=O) groups excluding carboxylic acids is 1. The van der Waals surface area contributed by atoms with Crippen LogP contribution in [0.25, 0.3) is 0 Å². The first-order chi connectivity index (χ1) is 15.4. The Morgan fingerprint density at radius 1 is 1.38 bits per heavy atom. The number of nitro groups is 1. The van der Waals surface area contributed by atoms with Crippen molar-refractivity contribution in [2.24, 2.45) is 0 Å². The number of carbonyl (C=O) groups is 1. The molecule has 0 aliphatic carbocycles. The minimum absolute atomic E-state index is 0.0272. The van der Waals surface area contributed by atoms with Crippen LogP contribution in [0.5, 0.6) is 0 Å². The lowest BCUT2D eigenvalue weighted by atomic mass is 10.1. The van der Waals surface area contributed by atoms with Crippen molar-refractivity contribution in [3.8, 4) is 0 Å². The number of nitrogens with zero attached hydrogens (tertiary/aromatic N) is 4. The molecular formula is C22H21FN4O4S. The van der Waals surface area contributed by atoms with Gasteiger partial charge in [-0.25, -0.2) is 9.18 Å². The molecule has 0 bridgehead atoms. The highest BCUT2D eigenvalue weighted by Gasteiger charge is 2.32. The SMILES string of the molecule is C=CCN(OC(C=C)Cc1ccc(F)cc1[N+](=O)[O-])C(=O)N1C=CSC1c1ccncc1. The largest absolute Gasteiger partial charge is 0.349 e. The van der Waals surface area contributed by atoms with Crippen LogP contribution in [-0.4, -0.2) is 38.6 Å². The molecule has 0 saturated carbocycles. The van der Waals surface area contributed by atoms with Gasteiger partial charge in [0.1, 0.15) is 17.3 Å². The standard InChI is InChI=1S/C22H21FN4O4S/c1-3-11-26(22(28)25-12-13-32-21(25)16-7-9-24-10-8-16)31-19(4-2)14-17-5-6-18(23)15-20(17)27(29)30/h3-10,12-13,15,19,21H,1-2,11,14H2. The van der Waals surface area contributed by atoms with Crippen LogP contribution in [0.4, 0.5) is 14.9 Å². The van der Waals surface area contributed by atoms with E-state index in [2.05, 4.69) is 18.1 Å². The lowest BCUT2D eigenvalue weighted by Crippen LogP contribution is -2.43. The van der Waals surface area contributed by atoms with Crippen LogP contribution in [0.1, 0.15) is 16.5 Å². The smallest absolute Gasteiger partial charge is 0.282 e. The topological polar surface area (TPSA) is 88.8 Å². The van der Waals surface area contributed by atoms with E-state index >= 15 is 0 Å². The van der Waals surface area contributed by atoms with Crippen molar-refractivity contribution in [2.75, 3.05) is 6.54 Å². The molecule has 0 spiro atoms. The molecule has 2 amide bonds. The van der Waals surface area contributed by atoms with Gasteiger partial charge in [0.05, 0.1) is 17.5 Å². The van der Waals surface area contributed by atoms with Gasteiger partial charge in [0.25, 0.3) is 5.69 Å². The number of aromatic nitrogens is 1. The minimum atomic E-state index is -0.776. The van der Waals surface area contributed by atoms with Gasteiger partial charge in [0.15, 0.2) is 0 Å². The molecule has 0 N–H and O–H groups in total. The summed E-state index contributed by atoms with van der Waals surface area (Å²) in [6.45, 7) is 7.46. The number of pyridine rings is 1. The first kappa shape index (κ1) is 23.2. The Morgan fingerprint density at radius 3 is 2.78 bits per heavy atom. The van der Waals surface area contributed by atoms with E-state index < -0.39 is 22.9 Å². The summed E-state index contributed by atoms with van der Waals surface area (Å²) in [6, 6.07) is 6.53. The summed E-state index contributed by atoms with van der Waals surface area (Å²) < 4.78 is 13.5. The number of urea groups is 1. The predicted molar refractivity (Wildman–Crippen MR) is 120 cm³/mol. The molecule has 1 aromatic carbocycles. The van der Waals surface area contributed by atoms with E-state index in [1.54, 1.807) is 18.6 Å². The van der Waals surface area contributed by atoms with Crippen LogP contribution in [0.15, 0.2) is 79.6 Å². The van der Waals surface area contributed by atoms with Crippen LogP contribution < -0.4 is 0 Å². The Kier molecular flexibility index (Phi) is 7.74. The fourth-order valence-corrected chi connectivity index (χ4v) is 4.04. The Hall–Kier alpha value is -3.50. The molecule has 0 radical (unpaired) electrons. The van der Waals surface area contributed by atoms with Gasteiger partial charge in [-0.2, -0.15) is 5.06 Å². The monoisotopic (exact) mass is 456 g/mol. The van der Waals surface area contributed by atoms with Crippen molar-refractivity contribution in [1.29, 1.82) is 0 Å². The van der Waals surface area contributed by atoms with E-state index in [1.807, 2.05) is 17.5 Å². The predicted octanol–water partition coefficient (Wildman–Crippen LogP) is 4.98. The molecule has 2 heterocycles. The molecular weight excluding hydrogens is 435 g/mol. The van der Waals surface area contributed by atoms with Crippen molar-refractivity contribution in [3.63, 3.8) is 0 Å². The van der Waals surface area contributed by atoms with Gasteiger partial charge in [-0.3, -0.25) is 24.8 Å². The summed E-state index contributed by atoms with van der Waals surface area (Å²) in [4.78, 5) is 35.3. The van der Waals surface area contributed by atoms with Gasteiger partial charge >= 0.3 is 6.03 Å². The maximum absolute atomic E-state index is 13.5. The second kappa shape index (κ2) is 10.7. The van der Waals surface area contributed by atoms with Gasteiger partial charge in [-0.15, -0.1) is 24.9 Å². The quantitative estimate of drug-likeness (QED) is 0.300. The van der Waals surface area contributed by atoms with Crippen LogP contribution >= 0.6 is 11.8 Å². The summed E-state index contributed by atoms with van der Waals surface area (Å²) >= 11 is 1.46. The van der Waals surface area contributed by atoms with E-state index in [0.29, 0.717) is 0 Å². The Balaban J connectivity index is 1.78. The van der Waals surface area contributed by atoms with E-state index in [9.17, 15) is 19.3 Å². The minimum Gasteiger partial charge on any atom is -0.282 e. The maximum Gasteiger partial charge on any atom is 0.349 e. The molecule has 8 nitrogen and oxygen atoms in total. The van der Waals surface area contributed by atoms with E-state index in [-0.39, 0.29) is 29.6 Å². The van der Waals surface area contributed by atoms with E-state index in [1.165, 1.54) is 34.9 Å². The summed E-state index contributed by atoms with van der Waals surface area (Å²) in [6.07, 6.45) is 7.15. The second-order valence-electron chi connectivity index (χ2n) is 6.71. The highest BCUT2D eigenvalue weighted by atomic mass is 32.2. The molecule has 1 aromatic heterocycles. The molecule has 0 fully saturated rings. The molecule has 32 heavy (non-hydrogen) atoms. The van der Waals surface area contributed by atoms with Gasteiger partial charge in [0, 0.05) is 30.6 Å². The molecule has 2 aromatic rings. The summed E-state index contributed by atoms with van der Waals surface area (Å²) in [5.41, 5.74) is 0.793. The normalized spacial score (nSPS) is 15.9. The molecule has 166 valence electrons. The number of hydrogen-bond donors (Lipinski definition) is 0. The van der Waals surface area contributed by atoms with E-state index in [4.69, 9.17) is 4.84 Å². The molecule has 2 unspecified atom stereocenters. The van der Waals surface area contributed by atoms with Crippen LogP contribution in [0.3, 0.4) is 0 Å². The number of hydroxylamine groups is 2. The number of hydrogen-bond acceptors (Lipinski definition) is 6. The van der Waals surface area contributed by atoms with Crippen molar-refractivity contribution in [2.45, 2.75) is 17.9 Å². The second-order valence-corrected chi connectivity index (χ2v) is 7.70. The average Bonchev–Trinajstić information content (AvgIpc) is 3.29. The summed E-state index contributed by atoms with van der Waals surface area (Å²) in [7, 11) is 0. The molecule has 0 saturated heterocycles. The fraction of sp³-hybridized carbons (Fsp3) is 0.182. The zero-order chi connectivity index (χ0) is 23.1. The molecule has 1 aliphatic heterocycles. The number of amides is 2. The average molecular weight is 456 g/mol. The van der Waals surface area contributed by atoms with Crippen LogP contribution in [-0.2, 0) is 11.3 Å². The highest BCUT2D eigenvalue weighted by molar-refractivity contribution is 8.02. The van der Waals surface area contributed by atoms with Crippen molar-refractivity contribution in [1.82, 2.24) is 14.9 Å². The van der Waals surface area contributed by atoms with Crippen molar-refractivity contribution >= 4 is 23.5 Å². The summed E-state index contributed by atoms with van der Waals surface area (Å²) in [5.74, 6) is -0.708. The fourth-order valence-electron chi connectivity index (χ4n) is 3.09. The number of rotatable bonds is 9. The zero-order valence-corrected chi connectivity index (χ0v) is 17.9.